The zero-order valence-electron chi connectivity index (χ0n) is 13.9. The number of hydrogen-bond acceptors (Lipinski definition) is 2. The maximum absolute atomic E-state index is 4.57. The molecule has 0 aliphatic heterocycles. The lowest BCUT2D eigenvalue weighted by Gasteiger charge is -2.40. The Morgan fingerprint density at radius 3 is 2.86 bits per heavy atom. The number of rotatable bonds is 6. The highest BCUT2D eigenvalue weighted by molar-refractivity contribution is 5.15. The average Bonchev–Trinajstić information content (AvgIpc) is 3.15. The first-order chi connectivity index (χ1) is 10.1. The van der Waals surface area contributed by atoms with Crippen LogP contribution in [-0.4, -0.2) is 22.4 Å². The Morgan fingerprint density at radius 2 is 2.14 bits per heavy atom. The van der Waals surface area contributed by atoms with Gasteiger partial charge in [-0.05, 0) is 67.9 Å². The van der Waals surface area contributed by atoms with Gasteiger partial charge in [0.1, 0.15) is 0 Å². The molecule has 118 valence electrons. The summed E-state index contributed by atoms with van der Waals surface area (Å²) >= 11 is 0. The third-order valence-corrected chi connectivity index (χ3v) is 5.31. The third kappa shape index (κ3) is 3.88. The highest BCUT2D eigenvalue weighted by atomic mass is 15.3. The minimum Gasteiger partial charge on any atom is -0.314 e. The minimum atomic E-state index is 0.480. The van der Waals surface area contributed by atoms with Crippen LogP contribution in [0.15, 0.2) is 12.4 Å². The van der Waals surface area contributed by atoms with Gasteiger partial charge in [0.15, 0.2) is 0 Å². The van der Waals surface area contributed by atoms with Crippen molar-refractivity contribution in [1.82, 2.24) is 15.1 Å². The largest absolute Gasteiger partial charge is 0.314 e. The summed E-state index contributed by atoms with van der Waals surface area (Å²) in [5.41, 5.74) is 1.95. The number of nitrogens with zero attached hydrogens (tertiary/aromatic N) is 2. The normalized spacial score (nSPS) is 28.7. The van der Waals surface area contributed by atoms with Crippen LogP contribution in [0.5, 0.6) is 0 Å². The van der Waals surface area contributed by atoms with Crippen molar-refractivity contribution < 1.29 is 0 Å². The molecule has 0 saturated heterocycles. The molecule has 3 rings (SSSR count). The van der Waals surface area contributed by atoms with Gasteiger partial charge in [-0.25, -0.2) is 0 Å². The van der Waals surface area contributed by atoms with Gasteiger partial charge < -0.3 is 5.32 Å². The second-order valence-electron chi connectivity index (χ2n) is 7.99. The minimum absolute atomic E-state index is 0.480. The van der Waals surface area contributed by atoms with Crippen LogP contribution in [0.2, 0.25) is 0 Å². The van der Waals surface area contributed by atoms with Crippen molar-refractivity contribution in [2.45, 2.75) is 77.8 Å². The number of aryl methyl sites for hydroxylation is 1. The predicted octanol–water partition coefficient (Wildman–Crippen LogP) is 3.96. The number of hydrogen-bond donors (Lipinski definition) is 1. The Kier molecular flexibility index (Phi) is 4.39. The summed E-state index contributed by atoms with van der Waals surface area (Å²) in [7, 11) is 0. The summed E-state index contributed by atoms with van der Waals surface area (Å²) in [6.07, 6.45) is 12.4. The smallest absolute Gasteiger partial charge is 0.0524 e. The van der Waals surface area contributed by atoms with Gasteiger partial charge in [0, 0.05) is 18.8 Å². The first kappa shape index (κ1) is 15.1. The van der Waals surface area contributed by atoms with E-state index in [2.05, 4.69) is 48.3 Å². The molecule has 1 aromatic rings. The van der Waals surface area contributed by atoms with Crippen molar-refractivity contribution in [3.63, 3.8) is 0 Å². The average molecular weight is 289 g/mol. The quantitative estimate of drug-likeness (QED) is 0.859. The first-order valence-corrected chi connectivity index (χ1v) is 8.83. The molecule has 21 heavy (non-hydrogen) atoms. The van der Waals surface area contributed by atoms with Crippen molar-refractivity contribution in [3.8, 4) is 0 Å². The Hall–Kier alpha value is -0.830. The van der Waals surface area contributed by atoms with Crippen molar-refractivity contribution in [2.24, 2.45) is 11.3 Å². The fraction of sp³-hybridized carbons (Fsp3) is 0.833. The highest BCUT2D eigenvalue weighted by Gasteiger charge is 2.36. The fourth-order valence-corrected chi connectivity index (χ4v) is 3.80. The van der Waals surface area contributed by atoms with E-state index in [-0.39, 0.29) is 0 Å². The Labute approximate surface area is 129 Å². The van der Waals surface area contributed by atoms with Crippen LogP contribution in [0.1, 0.15) is 70.8 Å². The lowest BCUT2D eigenvalue weighted by atomic mass is 9.65. The van der Waals surface area contributed by atoms with Gasteiger partial charge in [-0.1, -0.05) is 20.8 Å². The van der Waals surface area contributed by atoms with E-state index in [1.165, 1.54) is 44.2 Å². The molecule has 1 aromatic heterocycles. The van der Waals surface area contributed by atoms with Crippen molar-refractivity contribution in [1.29, 1.82) is 0 Å². The van der Waals surface area contributed by atoms with E-state index < -0.39 is 0 Å². The standard InChI is InChI=1S/C18H31N3/c1-4-9-21-13-15(12-20-21)17-10-18(2,3)8-7-14(17)11-19-16-5-6-16/h12-14,16-17,19H,4-11H2,1-3H3. The van der Waals surface area contributed by atoms with E-state index in [9.17, 15) is 0 Å². The van der Waals surface area contributed by atoms with E-state index in [0.717, 1.165) is 24.9 Å². The molecule has 1 heterocycles. The van der Waals surface area contributed by atoms with Gasteiger partial charge in [0.05, 0.1) is 6.20 Å². The van der Waals surface area contributed by atoms with Crippen LogP contribution in [-0.2, 0) is 6.54 Å². The molecule has 2 unspecified atom stereocenters. The van der Waals surface area contributed by atoms with Gasteiger partial charge in [0.25, 0.3) is 0 Å². The zero-order valence-corrected chi connectivity index (χ0v) is 13.9. The molecular formula is C18H31N3. The number of aromatic nitrogens is 2. The van der Waals surface area contributed by atoms with E-state index >= 15 is 0 Å². The molecule has 0 aromatic carbocycles. The molecule has 2 atom stereocenters. The van der Waals surface area contributed by atoms with E-state index in [0.29, 0.717) is 11.3 Å². The van der Waals surface area contributed by atoms with Gasteiger partial charge >= 0.3 is 0 Å². The molecule has 3 nitrogen and oxygen atoms in total. The van der Waals surface area contributed by atoms with Crippen LogP contribution in [0, 0.1) is 11.3 Å². The molecule has 2 saturated carbocycles. The SMILES string of the molecule is CCCn1cc(C2CC(C)(C)CCC2CNC2CC2)cn1. The van der Waals surface area contributed by atoms with Gasteiger partial charge in [-0.3, -0.25) is 4.68 Å². The molecule has 3 heteroatoms. The zero-order chi connectivity index (χ0) is 14.9. The summed E-state index contributed by atoms with van der Waals surface area (Å²) in [6.45, 7) is 9.32. The van der Waals surface area contributed by atoms with E-state index in [1.807, 2.05) is 0 Å². The second kappa shape index (κ2) is 6.12. The summed E-state index contributed by atoms with van der Waals surface area (Å²) in [6, 6.07) is 0.823. The summed E-state index contributed by atoms with van der Waals surface area (Å²) < 4.78 is 2.13. The van der Waals surface area contributed by atoms with E-state index in [4.69, 9.17) is 0 Å². The molecule has 2 fully saturated rings. The lowest BCUT2D eigenvalue weighted by Crippen LogP contribution is -2.35. The van der Waals surface area contributed by atoms with Crippen LogP contribution >= 0.6 is 0 Å². The molecule has 0 bridgehead atoms. The maximum Gasteiger partial charge on any atom is 0.0524 e. The van der Waals surface area contributed by atoms with Crippen molar-refractivity contribution in [3.05, 3.63) is 18.0 Å². The van der Waals surface area contributed by atoms with Gasteiger partial charge in [-0.15, -0.1) is 0 Å². The summed E-state index contributed by atoms with van der Waals surface area (Å²) in [4.78, 5) is 0. The van der Waals surface area contributed by atoms with E-state index in [1.54, 1.807) is 0 Å². The Morgan fingerprint density at radius 1 is 1.33 bits per heavy atom. The first-order valence-electron chi connectivity index (χ1n) is 8.83. The molecule has 2 aliphatic rings. The molecule has 0 radical (unpaired) electrons. The second-order valence-corrected chi connectivity index (χ2v) is 7.99. The van der Waals surface area contributed by atoms with Gasteiger partial charge in [-0.2, -0.15) is 5.10 Å². The third-order valence-electron chi connectivity index (χ3n) is 5.31. The van der Waals surface area contributed by atoms with Crippen LogP contribution in [0.25, 0.3) is 0 Å². The predicted molar refractivity (Wildman–Crippen MR) is 87.4 cm³/mol. The van der Waals surface area contributed by atoms with Gasteiger partial charge in [0.2, 0.25) is 0 Å². The molecule has 1 N–H and O–H groups in total. The molecule has 2 aliphatic carbocycles. The molecule has 0 amide bonds. The lowest BCUT2D eigenvalue weighted by molar-refractivity contribution is 0.159. The monoisotopic (exact) mass is 289 g/mol. The van der Waals surface area contributed by atoms with Crippen molar-refractivity contribution in [2.75, 3.05) is 6.54 Å². The molecular weight excluding hydrogens is 258 g/mol. The summed E-state index contributed by atoms with van der Waals surface area (Å²) in [5.74, 6) is 1.48. The molecule has 0 spiro atoms. The van der Waals surface area contributed by atoms with Crippen LogP contribution in [0.3, 0.4) is 0 Å². The van der Waals surface area contributed by atoms with Crippen LogP contribution in [0.4, 0.5) is 0 Å². The Bertz CT molecular complexity index is 457. The topological polar surface area (TPSA) is 29.9 Å². The number of nitrogens with one attached hydrogen (secondary N) is 1. The van der Waals surface area contributed by atoms with Crippen LogP contribution < -0.4 is 5.32 Å². The summed E-state index contributed by atoms with van der Waals surface area (Å²) in [5, 5.41) is 8.33. The maximum atomic E-state index is 4.57. The highest BCUT2D eigenvalue weighted by Crippen LogP contribution is 2.46. The van der Waals surface area contributed by atoms with Crippen molar-refractivity contribution >= 4 is 0 Å². The Balaban J connectivity index is 1.71. The fourth-order valence-electron chi connectivity index (χ4n) is 3.80.